The van der Waals surface area contributed by atoms with E-state index in [0.717, 1.165) is 38.5 Å². The molecule has 2 N–H and O–H groups in total. The lowest BCUT2D eigenvalue weighted by molar-refractivity contribution is -0.148. The smallest absolute Gasteiger partial charge is 0.309 e. The molecule has 6 atom stereocenters. The van der Waals surface area contributed by atoms with E-state index in [1.54, 1.807) is 9.80 Å². The Kier molecular flexibility index (Phi) is 9.86. The molecule has 2 heterocycles. The number of terminal acetylenes is 1. The topological polar surface area (TPSA) is 142 Å². The SMILES string of the molecule is C#COC1CCC2(C(=O)N2CCCCCCN2C(=O)C23CCC(OCCOC2CCCCC2)CC3C(=O)O)C(C(=O)O)C1. The lowest BCUT2D eigenvalue weighted by atomic mass is 9.76. The third kappa shape index (κ3) is 6.37. The summed E-state index contributed by atoms with van der Waals surface area (Å²) in [7, 11) is 0. The Labute approximate surface area is 253 Å². The van der Waals surface area contributed by atoms with Crippen LogP contribution in [0.4, 0.5) is 0 Å². The van der Waals surface area contributed by atoms with Crippen molar-refractivity contribution in [2.45, 2.75) is 126 Å². The van der Waals surface area contributed by atoms with Gasteiger partial charge < -0.3 is 34.2 Å². The van der Waals surface area contributed by atoms with Gasteiger partial charge in [-0.05, 0) is 57.8 Å². The third-order valence-corrected chi connectivity index (χ3v) is 10.6. The first-order chi connectivity index (χ1) is 20.8. The number of carbonyl (C=O) groups excluding carboxylic acids is 2. The zero-order valence-electron chi connectivity index (χ0n) is 25.0. The van der Waals surface area contributed by atoms with E-state index in [-0.39, 0.29) is 30.4 Å². The molecule has 2 spiro atoms. The summed E-state index contributed by atoms with van der Waals surface area (Å²) in [5.41, 5.74) is -1.84. The van der Waals surface area contributed by atoms with Gasteiger partial charge in [-0.1, -0.05) is 38.5 Å². The number of hydrogen-bond donors (Lipinski definition) is 2. The predicted molar refractivity (Wildman–Crippen MR) is 154 cm³/mol. The summed E-state index contributed by atoms with van der Waals surface area (Å²) >= 11 is 0. The van der Waals surface area contributed by atoms with Crippen LogP contribution in [-0.4, -0.2) is 99.5 Å². The number of carboxylic acids is 2. The second kappa shape index (κ2) is 13.4. The molecule has 238 valence electrons. The monoisotopic (exact) mass is 602 g/mol. The molecule has 0 radical (unpaired) electrons. The van der Waals surface area contributed by atoms with Crippen LogP contribution in [0.1, 0.15) is 96.3 Å². The average molecular weight is 603 g/mol. The zero-order chi connectivity index (χ0) is 30.6. The second-order valence-corrected chi connectivity index (χ2v) is 13.0. The Hall–Kier alpha value is -2.84. The average Bonchev–Trinajstić information content (AvgIpc) is 3.78. The molecule has 6 unspecified atom stereocenters. The summed E-state index contributed by atoms with van der Waals surface area (Å²) in [6.07, 6.45) is 18.9. The van der Waals surface area contributed by atoms with E-state index in [2.05, 4.69) is 6.11 Å². The highest BCUT2D eigenvalue weighted by Crippen LogP contribution is 2.52. The van der Waals surface area contributed by atoms with E-state index in [4.69, 9.17) is 20.6 Å². The Morgan fingerprint density at radius 2 is 1.23 bits per heavy atom. The maximum Gasteiger partial charge on any atom is 0.309 e. The molecule has 11 nitrogen and oxygen atoms in total. The number of unbranched alkanes of at least 4 members (excludes halogenated alkanes) is 3. The summed E-state index contributed by atoms with van der Waals surface area (Å²) < 4.78 is 17.1. The Bertz CT molecular complexity index is 1100. The molecule has 5 rings (SSSR count). The summed E-state index contributed by atoms with van der Waals surface area (Å²) in [5, 5.41) is 19.7. The normalized spacial score (nSPS) is 33.9. The first-order valence-electron chi connectivity index (χ1n) is 16.2. The lowest BCUT2D eigenvalue weighted by Gasteiger charge is -2.33. The van der Waals surface area contributed by atoms with Crippen LogP contribution in [0.15, 0.2) is 0 Å². The minimum Gasteiger partial charge on any atom is -0.481 e. The molecular weight excluding hydrogens is 556 g/mol. The van der Waals surface area contributed by atoms with Gasteiger partial charge in [0.2, 0.25) is 11.8 Å². The molecule has 2 aliphatic heterocycles. The van der Waals surface area contributed by atoms with Gasteiger partial charge in [-0.25, -0.2) is 0 Å². The van der Waals surface area contributed by atoms with Gasteiger partial charge in [-0.3, -0.25) is 19.2 Å². The van der Waals surface area contributed by atoms with Crippen molar-refractivity contribution in [3.8, 4) is 12.5 Å². The number of carbonyl (C=O) groups is 4. The standard InChI is InChI=1S/C32H46N2O9/c1-2-41-23-12-14-31(25(20-23)27(35)36)29(39)33(31)16-8-3-4-9-17-34-30(40)32(34)15-13-24(21-26(32)28(37)38)43-19-18-42-22-10-6-5-7-11-22/h1,22-26H,3-21H2,(H,35,36)(H,37,38). The fourth-order valence-electron chi connectivity index (χ4n) is 8.19. The molecule has 0 aromatic rings. The van der Waals surface area contributed by atoms with Crippen molar-refractivity contribution in [3.05, 3.63) is 0 Å². The summed E-state index contributed by atoms with van der Waals surface area (Å²) in [6, 6.07) is 0. The number of carboxylic acid groups (broad SMARTS) is 2. The highest BCUT2D eigenvalue weighted by atomic mass is 16.5. The molecule has 11 heteroatoms. The van der Waals surface area contributed by atoms with Crippen molar-refractivity contribution in [2.75, 3.05) is 26.3 Å². The van der Waals surface area contributed by atoms with Crippen molar-refractivity contribution in [1.29, 1.82) is 0 Å². The van der Waals surface area contributed by atoms with Crippen LogP contribution in [0.2, 0.25) is 0 Å². The maximum absolute atomic E-state index is 12.9. The van der Waals surface area contributed by atoms with Crippen LogP contribution in [0.3, 0.4) is 0 Å². The van der Waals surface area contributed by atoms with Crippen LogP contribution in [0.5, 0.6) is 0 Å². The van der Waals surface area contributed by atoms with Gasteiger partial charge in [-0.15, -0.1) is 0 Å². The lowest BCUT2D eigenvalue weighted by Crippen LogP contribution is -2.43. The molecule has 2 saturated heterocycles. The van der Waals surface area contributed by atoms with E-state index >= 15 is 0 Å². The molecule has 3 aliphatic carbocycles. The molecule has 0 aromatic carbocycles. The molecule has 43 heavy (non-hydrogen) atoms. The van der Waals surface area contributed by atoms with Gasteiger partial charge in [0.1, 0.15) is 23.3 Å². The first-order valence-corrected chi connectivity index (χ1v) is 16.2. The minimum absolute atomic E-state index is 0.0697. The first kappa shape index (κ1) is 31.6. The number of hydrogen-bond acceptors (Lipinski definition) is 7. The summed E-state index contributed by atoms with van der Waals surface area (Å²) in [6.45, 7) is 1.99. The van der Waals surface area contributed by atoms with E-state index in [0.29, 0.717) is 64.5 Å². The number of amides is 2. The molecule has 5 fully saturated rings. The van der Waals surface area contributed by atoms with Crippen molar-refractivity contribution in [1.82, 2.24) is 9.80 Å². The van der Waals surface area contributed by atoms with Gasteiger partial charge in [0.25, 0.3) is 0 Å². The van der Waals surface area contributed by atoms with Gasteiger partial charge in [0.15, 0.2) is 0 Å². The summed E-state index contributed by atoms with van der Waals surface area (Å²) in [5.74, 6) is -3.71. The summed E-state index contributed by atoms with van der Waals surface area (Å²) in [4.78, 5) is 53.2. The fourth-order valence-corrected chi connectivity index (χ4v) is 8.19. The van der Waals surface area contributed by atoms with Crippen LogP contribution in [0.25, 0.3) is 0 Å². The Morgan fingerprint density at radius 3 is 1.74 bits per heavy atom. The van der Waals surface area contributed by atoms with Crippen LogP contribution >= 0.6 is 0 Å². The third-order valence-electron chi connectivity index (χ3n) is 10.6. The predicted octanol–water partition coefficient (Wildman–Crippen LogP) is 3.19. The van der Waals surface area contributed by atoms with Gasteiger partial charge in [0, 0.05) is 19.5 Å². The number of aliphatic carboxylic acids is 2. The van der Waals surface area contributed by atoms with Crippen molar-refractivity contribution >= 4 is 23.8 Å². The maximum atomic E-state index is 12.9. The number of nitrogens with zero attached hydrogens (tertiary/aromatic N) is 2. The Morgan fingerprint density at radius 1 is 0.744 bits per heavy atom. The Balaban J connectivity index is 1.00. The second-order valence-electron chi connectivity index (χ2n) is 13.0. The molecule has 3 saturated carbocycles. The van der Waals surface area contributed by atoms with Crippen LogP contribution in [-0.2, 0) is 33.4 Å². The fraction of sp³-hybridized carbons (Fsp3) is 0.812. The number of rotatable bonds is 15. The number of ether oxygens (including phenoxy) is 3. The van der Waals surface area contributed by atoms with Gasteiger partial charge in [-0.2, -0.15) is 0 Å². The zero-order valence-corrected chi connectivity index (χ0v) is 25.0. The van der Waals surface area contributed by atoms with Crippen LogP contribution < -0.4 is 0 Å². The van der Waals surface area contributed by atoms with Crippen molar-refractivity contribution < 1.29 is 43.6 Å². The largest absolute Gasteiger partial charge is 0.481 e. The van der Waals surface area contributed by atoms with Crippen molar-refractivity contribution in [3.63, 3.8) is 0 Å². The van der Waals surface area contributed by atoms with Crippen LogP contribution in [0, 0.1) is 24.4 Å². The van der Waals surface area contributed by atoms with E-state index in [9.17, 15) is 29.4 Å². The molecule has 2 amide bonds. The van der Waals surface area contributed by atoms with Crippen molar-refractivity contribution in [2.24, 2.45) is 11.8 Å². The van der Waals surface area contributed by atoms with Gasteiger partial charge in [0.05, 0.1) is 37.3 Å². The van der Waals surface area contributed by atoms with E-state index in [1.807, 2.05) is 0 Å². The molecular formula is C32H46N2O9. The molecule has 0 aromatic heterocycles. The highest BCUT2D eigenvalue weighted by molar-refractivity contribution is 6.06. The van der Waals surface area contributed by atoms with E-state index in [1.165, 1.54) is 19.3 Å². The molecule has 0 bridgehead atoms. The van der Waals surface area contributed by atoms with E-state index < -0.39 is 34.9 Å². The minimum atomic E-state index is -0.998. The quantitative estimate of drug-likeness (QED) is 0.164. The highest BCUT2D eigenvalue weighted by Gasteiger charge is 2.70. The molecule has 5 aliphatic rings. The van der Waals surface area contributed by atoms with Gasteiger partial charge >= 0.3 is 11.9 Å².